The Morgan fingerprint density at radius 3 is 1.83 bits per heavy atom. The zero-order valence-corrected chi connectivity index (χ0v) is 16.1. The van der Waals surface area contributed by atoms with E-state index >= 15 is 0 Å². The second-order valence-electron chi connectivity index (χ2n) is 6.87. The number of likely N-dealkylation sites (N-methyl/N-ethyl adjacent to an activating group) is 1. The fourth-order valence-corrected chi connectivity index (χ4v) is 3.00. The van der Waals surface area contributed by atoms with E-state index in [-0.39, 0.29) is 30.1 Å². The highest BCUT2D eigenvalue weighted by molar-refractivity contribution is 5.34. The van der Waals surface area contributed by atoms with Crippen LogP contribution in [0.1, 0.15) is 11.1 Å². The molecular formula is C19H24INO2. The Balaban J connectivity index is 0.00000192. The summed E-state index contributed by atoms with van der Waals surface area (Å²) in [5, 5.41) is 0. The first-order chi connectivity index (χ1) is 10.5. The lowest BCUT2D eigenvalue weighted by Gasteiger charge is -2.31. The minimum absolute atomic E-state index is 0. The van der Waals surface area contributed by atoms with Gasteiger partial charge in [0.15, 0.2) is 0 Å². The minimum atomic E-state index is -0.789. The van der Waals surface area contributed by atoms with Crippen molar-refractivity contribution in [2.45, 2.75) is 11.9 Å². The molecule has 4 heteroatoms. The van der Waals surface area contributed by atoms with Crippen LogP contribution < -0.4 is 24.0 Å². The largest absolute Gasteiger partial charge is 1.00 e. The molecule has 1 atom stereocenters. The molecule has 3 nitrogen and oxygen atoms in total. The number of rotatable bonds is 4. The molecule has 0 bridgehead atoms. The maximum absolute atomic E-state index is 6.46. The number of hydrogen-bond acceptors (Lipinski definition) is 2. The van der Waals surface area contributed by atoms with Gasteiger partial charge in [-0.3, -0.25) is 0 Å². The predicted octanol–water partition coefficient (Wildman–Crippen LogP) is 0.0133. The second-order valence-corrected chi connectivity index (χ2v) is 6.87. The number of benzene rings is 2. The summed E-state index contributed by atoms with van der Waals surface area (Å²) in [6.45, 7) is 1.53. The second kappa shape index (κ2) is 7.30. The molecule has 2 aromatic carbocycles. The number of halogens is 1. The van der Waals surface area contributed by atoms with E-state index in [0.29, 0.717) is 6.61 Å². The summed E-state index contributed by atoms with van der Waals surface area (Å²) in [5.74, 6) is -0.789. The van der Waals surface area contributed by atoms with E-state index in [2.05, 4.69) is 45.4 Å². The van der Waals surface area contributed by atoms with Crippen molar-refractivity contribution in [3.8, 4) is 0 Å². The van der Waals surface area contributed by atoms with Crippen molar-refractivity contribution in [3.63, 3.8) is 0 Å². The highest BCUT2D eigenvalue weighted by Gasteiger charge is 2.46. The molecule has 1 aliphatic heterocycles. The van der Waals surface area contributed by atoms with Gasteiger partial charge in [0, 0.05) is 11.1 Å². The van der Waals surface area contributed by atoms with Crippen LogP contribution in [0, 0.1) is 0 Å². The van der Waals surface area contributed by atoms with E-state index in [9.17, 15) is 0 Å². The molecule has 0 unspecified atom stereocenters. The standard InChI is InChI=1S/C19H24NO2.HI/c1-20(2,3)14-18-15-21-19(22-18,16-10-6-4-7-11-16)17-12-8-5-9-13-17;/h4-13,18H,14-15H2,1-3H3;1H/q+1;/p-1/t18-;/m1./s1. The Morgan fingerprint density at radius 1 is 0.913 bits per heavy atom. The summed E-state index contributed by atoms with van der Waals surface area (Å²) in [5.41, 5.74) is 2.09. The summed E-state index contributed by atoms with van der Waals surface area (Å²) in [7, 11) is 6.52. The minimum Gasteiger partial charge on any atom is -1.00 e. The van der Waals surface area contributed by atoms with Crippen LogP contribution in [0.5, 0.6) is 0 Å². The van der Waals surface area contributed by atoms with Gasteiger partial charge >= 0.3 is 0 Å². The van der Waals surface area contributed by atoms with Gasteiger partial charge in [0.05, 0.1) is 27.7 Å². The maximum atomic E-state index is 6.46. The van der Waals surface area contributed by atoms with Crippen molar-refractivity contribution < 1.29 is 37.9 Å². The van der Waals surface area contributed by atoms with E-state index in [1.165, 1.54) is 0 Å². The summed E-state index contributed by atoms with van der Waals surface area (Å²) in [6, 6.07) is 20.4. The first kappa shape index (κ1) is 18.4. The summed E-state index contributed by atoms with van der Waals surface area (Å²) in [4.78, 5) is 0. The van der Waals surface area contributed by atoms with Gasteiger partial charge in [-0.05, 0) is 0 Å². The van der Waals surface area contributed by atoms with Crippen molar-refractivity contribution in [1.82, 2.24) is 0 Å². The van der Waals surface area contributed by atoms with Crippen LogP contribution in [0.3, 0.4) is 0 Å². The highest BCUT2D eigenvalue weighted by Crippen LogP contribution is 2.40. The van der Waals surface area contributed by atoms with Gasteiger partial charge in [-0.25, -0.2) is 0 Å². The zero-order chi connectivity index (χ0) is 15.6. The van der Waals surface area contributed by atoms with Gasteiger partial charge in [0.1, 0.15) is 12.6 Å². The van der Waals surface area contributed by atoms with Crippen molar-refractivity contribution in [3.05, 3.63) is 71.8 Å². The van der Waals surface area contributed by atoms with Crippen molar-refractivity contribution in [2.75, 3.05) is 34.3 Å². The molecule has 0 saturated carbocycles. The smallest absolute Gasteiger partial charge is 0.222 e. The molecule has 1 heterocycles. The lowest BCUT2D eigenvalue weighted by molar-refractivity contribution is -0.873. The fourth-order valence-electron chi connectivity index (χ4n) is 3.00. The lowest BCUT2D eigenvalue weighted by atomic mass is 9.97. The monoisotopic (exact) mass is 425 g/mol. The van der Waals surface area contributed by atoms with Gasteiger partial charge in [-0.2, -0.15) is 0 Å². The normalized spacial score (nSPS) is 20.0. The highest BCUT2D eigenvalue weighted by atomic mass is 127. The third kappa shape index (κ3) is 4.12. The molecule has 1 aliphatic rings. The van der Waals surface area contributed by atoms with Crippen LogP contribution in [0.25, 0.3) is 0 Å². The van der Waals surface area contributed by atoms with E-state index in [1.54, 1.807) is 0 Å². The van der Waals surface area contributed by atoms with E-state index in [4.69, 9.17) is 9.47 Å². The van der Waals surface area contributed by atoms with Crippen molar-refractivity contribution in [1.29, 1.82) is 0 Å². The molecular weight excluding hydrogens is 401 g/mol. The Morgan fingerprint density at radius 2 is 1.39 bits per heavy atom. The van der Waals surface area contributed by atoms with Crippen LogP contribution in [-0.4, -0.2) is 44.9 Å². The van der Waals surface area contributed by atoms with Gasteiger partial charge in [0.2, 0.25) is 5.79 Å². The number of quaternary nitrogens is 1. The van der Waals surface area contributed by atoms with E-state index < -0.39 is 5.79 Å². The first-order valence-electron chi connectivity index (χ1n) is 7.73. The van der Waals surface area contributed by atoms with Crippen LogP contribution in [0.15, 0.2) is 60.7 Å². The Hall–Kier alpha value is -0.950. The molecule has 0 aromatic heterocycles. The molecule has 3 rings (SSSR count). The summed E-state index contributed by atoms with van der Waals surface area (Å²) >= 11 is 0. The van der Waals surface area contributed by atoms with Crippen LogP contribution >= 0.6 is 0 Å². The molecule has 1 saturated heterocycles. The summed E-state index contributed by atoms with van der Waals surface area (Å²) < 4.78 is 13.6. The average Bonchev–Trinajstić information content (AvgIpc) is 2.92. The lowest BCUT2D eigenvalue weighted by Crippen LogP contribution is -3.00. The van der Waals surface area contributed by atoms with Gasteiger partial charge in [-0.1, -0.05) is 60.7 Å². The molecule has 1 fully saturated rings. The predicted molar refractivity (Wildman–Crippen MR) is 87.4 cm³/mol. The third-order valence-corrected chi connectivity index (χ3v) is 3.86. The molecule has 0 N–H and O–H groups in total. The SMILES string of the molecule is C[N+](C)(C)C[C@@H]1COC(c2ccccc2)(c2ccccc2)O1.[I-]. The first-order valence-corrected chi connectivity index (χ1v) is 7.73. The van der Waals surface area contributed by atoms with Gasteiger partial charge in [-0.15, -0.1) is 0 Å². The summed E-state index contributed by atoms with van der Waals surface area (Å²) in [6.07, 6.45) is 0.0837. The average molecular weight is 425 g/mol. The Kier molecular flexibility index (Phi) is 5.84. The number of nitrogens with zero attached hydrogens (tertiary/aromatic N) is 1. The van der Waals surface area contributed by atoms with Crippen molar-refractivity contribution in [2.24, 2.45) is 0 Å². The quantitative estimate of drug-likeness (QED) is 0.508. The van der Waals surface area contributed by atoms with E-state index in [1.807, 2.05) is 36.4 Å². The number of hydrogen-bond donors (Lipinski definition) is 0. The zero-order valence-electron chi connectivity index (χ0n) is 13.9. The molecule has 23 heavy (non-hydrogen) atoms. The topological polar surface area (TPSA) is 18.5 Å². The Labute approximate surface area is 155 Å². The number of ether oxygens (including phenoxy) is 2. The van der Waals surface area contributed by atoms with Crippen LogP contribution in [-0.2, 0) is 15.3 Å². The van der Waals surface area contributed by atoms with E-state index in [0.717, 1.165) is 22.2 Å². The molecule has 0 spiro atoms. The van der Waals surface area contributed by atoms with Gasteiger partial charge in [0.25, 0.3) is 0 Å². The van der Waals surface area contributed by atoms with Crippen molar-refractivity contribution >= 4 is 0 Å². The van der Waals surface area contributed by atoms with Gasteiger partial charge < -0.3 is 37.9 Å². The molecule has 0 amide bonds. The molecule has 0 radical (unpaired) electrons. The third-order valence-electron chi connectivity index (χ3n) is 3.86. The molecule has 124 valence electrons. The molecule has 0 aliphatic carbocycles. The Bertz CT molecular complexity index is 571. The maximum Gasteiger partial charge on any atom is 0.222 e. The van der Waals surface area contributed by atoms with Crippen LogP contribution in [0.4, 0.5) is 0 Å². The fraction of sp³-hybridized carbons (Fsp3) is 0.368. The molecule has 2 aromatic rings. The van der Waals surface area contributed by atoms with Crippen LogP contribution in [0.2, 0.25) is 0 Å².